The van der Waals surface area contributed by atoms with Gasteiger partial charge in [0.15, 0.2) is 0 Å². The zero-order chi connectivity index (χ0) is 11.6. The van der Waals surface area contributed by atoms with E-state index in [1.807, 2.05) is 0 Å². The second-order valence-electron chi connectivity index (χ2n) is 5.16. The molecule has 0 atom stereocenters. The molecule has 0 aromatic heterocycles. The molecule has 2 nitrogen and oxygen atoms in total. The lowest BCUT2D eigenvalue weighted by Crippen LogP contribution is -2.32. The zero-order valence-corrected chi connectivity index (χ0v) is 9.64. The Balaban J connectivity index is 2.63. The van der Waals surface area contributed by atoms with Gasteiger partial charge in [-0.3, -0.25) is 4.79 Å². The van der Waals surface area contributed by atoms with Gasteiger partial charge in [0.25, 0.3) is 0 Å². The quantitative estimate of drug-likeness (QED) is 0.687. The minimum Gasteiger partial charge on any atom is -0.316 e. The summed E-state index contributed by atoms with van der Waals surface area (Å²) < 4.78 is 13.2. The molecule has 1 aliphatic heterocycles. The van der Waals surface area contributed by atoms with E-state index in [0.717, 1.165) is 6.42 Å². The van der Waals surface area contributed by atoms with Crippen LogP contribution in [0.5, 0.6) is 0 Å². The van der Waals surface area contributed by atoms with E-state index in [-0.39, 0.29) is 29.1 Å². The van der Waals surface area contributed by atoms with E-state index in [0.29, 0.717) is 6.54 Å². The first-order valence-corrected chi connectivity index (χ1v) is 5.14. The van der Waals surface area contributed by atoms with Crippen molar-refractivity contribution in [3.8, 4) is 0 Å². The van der Waals surface area contributed by atoms with Gasteiger partial charge in [0.05, 0.1) is 6.42 Å². The van der Waals surface area contributed by atoms with E-state index >= 15 is 0 Å². The van der Waals surface area contributed by atoms with E-state index in [1.165, 1.54) is 11.1 Å². The van der Waals surface area contributed by atoms with E-state index < -0.39 is 0 Å². The van der Waals surface area contributed by atoms with Crippen molar-refractivity contribution in [3.05, 3.63) is 24.2 Å². The molecule has 0 N–H and O–H groups in total. The molecule has 84 valence electrons. The Bertz CT molecular complexity index is 312. The first kappa shape index (κ1) is 12.0. The molecule has 1 rings (SSSR count). The lowest BCUT2D eigenvalue weighted by molar-refractivity contribution is -0.128. The minimum atomic E-state index is -0.372. The van der Waals surface area contributed by atoms with E-state index in [9.17, 15) is 9.18 Å². The second-order valence-corrected chi connectivity index (χ2v) is 5.16. The third kappa shape index (κ3) is 3.50. The van der Waals surface area contributed by atoms with Gasteiger partial charge in [-0.25, -0.2) is 4.39 Å². The van der Waals surface area contributed by atoms with Crippen molar-refractivity contribution in [3.63, 3.8) is 0 Å². The van der Waals surface area contributed by atoms with Gasteiger partial charge in [-0.05, 0) is 17.4 Å². The molecule has 0 fully saturated rings. The zero-order valence-electron chi connectivity index (χ0n) is 9.64. The molecular weight excluding hydrogens is 193 g/mol. The minimum absolute atomic E-state index is 0.0642. The van der Waals surface area contributed by atoms with Crippen LogP contribution in [-0.2, 0) is 4.79 Å². The fraction of sp³-hybridized carbons (Fsp3) is 0.583. The lowest BCUT2D eigenvalue weighted by atomic mass is 9.92. The number of nitrogens with zero attached hydrogens (tertiary/aromatic N) is 1. The molecule has 0 aliphatic carbocycles. The van der Waals surface area contributed by atoms with Gasteiger partial charge < -0.3 is 4.90 Å². The highest BCUT2D eigenvalue weighted by Gasteiger charge is 2.22. The Morgan fingerprint density at radius 2 is 2.13 bits per heavy atom. The van der Waals surface area contributed by atoms with Crippen molar-refractivity contribution in [2.75, 3.05) is 6.54 Å². The van der Waals surface area contributed by atoms with Crippen LogP contribution in [0.1, 0.15) is 33.6 Å². The average molecular weight is 211 g/mol. The number of carbonyl (C=O) groups excluding carboxylic acids is 1. The van der Waals surface area contributed by atoms with Crippen LogP contribution in [0.4, 0.5) is 4.39 Å². The molecule has 0 bridgehead atoms. The first-order valence-electron chi connectivity index (χ1n) is 5.14. The number of allylic oxidation sites excluding steroid dienone is 1. The van der Waals surface area contributed by atoms with E-state index in [2.05, 4.69) is 27.4 Å². The maximum absolute atomic E-state index is 13.2. The third-order valence-electron chi connectivity index (χ3n) is 2.39. The Morgan fingerprint density at radius 3 is 2.67 bits per heavy atom. The fourth-order valence-electron chi connectivity index (χ4n) is 1.31. The molecule has 0 saturated carbocycles. The number of carbonyl (C=O) groups is 1. The van der Waals surface area contributed by atoms with E-state index in [1.54, 1.807) is 0 Å². The monoisotopic (exact) mass is 211 g/mol. The normalized spacial score (nSPS) is 18.1. The van der Waals surface area contributed by atoms with Gasteiger partial charge in [-0.15, -0.1) is 0 Å². The highest BCUT2D eigenvalue weighted by Crippen LogP contribution is 2.24. The van der Waals surface area contributed by atoms with Crippen LogP contribution >= 0.6 is 0 Å². The van der Waals surface area contributed by atoms with Crippen molar-refractivity contribution in [2.45, 2.75) is 33.6 Å². The van der Waals surface area contributed by atoms with Crippen molar-refractivity contribution < 1.29 is 9.18 Å². The van der Waals surface area contributed by atoms with Crippen molar-refractivity contribution in [1.82, 2.24) is 4.90 Å². The van der Waals surface area contributed by atoms with Crippen LogP contribution in [0.25, 0.3) is 0 Å². The number of hydrogen-bond donors (Lipinski definition) is 0. The van der Waals surface area contributed by atoms with Crippen LogP contribution in [0.2, 0.25) is 0 Å². The Hall–Kier alpha value is -1.12. The maximum Gasteiger partial charge on any atom is 0.231 e. The predicted octanol–water partition coefficient (Wildman–Crippen LogP) is 3.02. The van der Waals surface area contributed by atoms with Crippen LogP contribution in [-0.4, -0.2) is 17.4 Å². The summed E-state index contributed by atoms with van der Waals surface area (Å²) in [5, 5.41) is 0. The lowest BCUT2D eigenvalue weighted by Gasteiger charge is -2.27. The van der Waals surface area contributed by atoms with Crippen molar-refractivity contribution in [1.29, 1.82) is 0 Å². The summed E-state index contributed by atoms with van der Waals surface area (Å²) in [5.41, 5.74) is 0.436. The summed E-state index contributed by atoms with van der Waals surface area (Å²) >= 11 is 0. The standard InChI is InChI=1S/C12H18FNO/c1-9-7-11(15)14(8-10(9)13)6-5-12(2,3)4/h8H,1,5-7H2,2-4H3. The highest BCUT2D eigenvalue weighted by molar-refractivity contribution is 5.82. The fourth-order valence-corrected chi connectivity index (χ4v) is 1.31. The largest absolute Gasteiger partial charge is 0.316 e. The van der Waals surface area contributed by atoms with Crippen LogP contribution in [0.3, 0.4) is 0 Å². The topological polar surface area (TPSA) is 20.3 Å². The Kier molecular flexibility index (Phi) is 3.32. The smallest absolute Gasteiger partial charge is 0.231 e. The van der Waals surface area contributed by atoms with Crippen LogP contribution in [0.15, 0.2) is 24.2 Å². The molecule has 1 aliphatic rings. The second kappa shape index (κ2) is 4.17. The maximum atomic E-state index is 13.2. The van der Waals surface area contributed by atoms with E-state index in [4.69, 9.17) is 0 Å². The summed E-state index contributed by atoms with van der Waals surface area (Å²) in [4.78, 5) is 13.0. The summed E-state index contributed by atoms with van der Waals surface area (Å²) in [5.74, 6) is -0.436. The summed E-state index contributed by atoms with van der Waals surface area (Å²) in [7, 11) is 0. The predicted molar refractivity (Wildman–Crippen MR) is 58.7 cm³/mol. The number of halogens is 1. The molecule has 0 unspecified atom stereocenters. The van der Waals surface area contributed by atoms with Crippen LogP contribution in [0, 0.1) is 5.41 Å². The van der Waals surface area contributed by atoms with Gasteiger partial charge in [-0.1, -0.05) is 27.4 Å². The Labute approximate surface area is 90.5 Å². The molecule has 3 heteroatoms. The number of amides is 1. The molecule has 0 spiro atoms. The van der Waals surface area contributed by atoms with Gasteiger partial charge in [0.2, 0.25) is 5.91 Å². The van der Waals surface area contributed by atoms with Crippen molar-refractivity contribution >= 4 is 5.91 Å². The van der Waals surface area contributed by atoms with Gasteiger partial charge in [0, 0.05) is 12.7 Å². The van der Waals surface area contributed by atoms with Crippen molar-refractivity contribution in [2.24, 2.45) is 5.41 Å². The number of hydrogen-bond acceptors (Lipinski definition) is 1. The molecule has 0 saturated heterocycles. The molecule has 1 amide bonds. The van der Waals surface area contributed by atoms with Crippen LogP contribution < -0.4 is 0 Å². The molecular formula is C12H18FNO. The summed E-state index contributed by atoms with van der Waals surface area (Å²) in [6, 6.07) is 0. The first-order chi connectivity index (χ1) is 6.79. The molecule has 1 heterocycles. The molecule has 15 heavy (non-hydrogen) atoms. The summed E-state index contributed by atoms with van der Waals surface area (Å²) in [6.45, 7) is 10.4. The highest BCUT2D eigenvalue weighted by atomic mass is 19.1. The molecule has 0 aromatic rings. The SMILES string of the molecule is C=C1CC(=O)N(CCC(C)(C)C)C=C1F. The van der Waals surface area contributed by atoms with Gasteiger partial charge in [0.1, 0.15) is 5.83 Å². The third-order valence-corrected chi connectivity index (χ3v) is 2.39. The average Bonchev–Trinajstić information content (AvgIpc) is 2.07. The summed E-state index contributed by atoms with van der Waals surface area (Å²) in [6.07, 6.45) is 2.22. The molecule has 0 radical (unpaired) electrons. The number of rotatable bonds is 2. The van der Waals surface area contributed by atoms with Gasteiger partial charge >= 0.3 is 0 Å². The molecule has 0 aromatic carbocycles. The van der Waals surface area contributed by atoms with Gasteiger partial charge in [-0.2, -0.15) is 0 Å². The Morgan fingerprint density at radius 1 is 1.53 bits per heavy atom.